The van der Waals surface area contributed by atoms with Crippen molar-refractivity contribution in [3.63, 3.8) is 0 Å². The molecule has 0 bridgehead atoms. The highest BCUT2D eigenvalue weighted by Gasteiger charge is 2.31. The second kappa shape index (κ2) is 8.22. The van der Waals surface area contributed by atoms with Crippen LogP contribution in [0.5, 0.6) is 0 Å². The number of carbonyl (C=O) groups is 2. The van der Waals surface area contributed by atoms with Gasteiger partial charge in [-0.25, -0.2) is 13.2 Å². The lowest BCUT2D eigenvalue weighted by atomic mass is 10.1. The molecule has 0 radical (unpaired) electrons. The number of hydrogen-bond acceptors (Lipinski definition) is 5. The van der Waals surface area contributed by atoms with Crippen molar-refractivity contribution in [2.24, 2.45) is 0 Å². The quantitative estimate of drug-likeness (QED) is 0.554. The number of sulfonamides is 1. The molecule has 0 atom stereocenters. The minimum absolute atomic E-state index is 0.230. The zero-order valence-corrected chi connectivity index (χ0v) is 16.2. The van der Waals surface area contributed by atoms with Crippen LogP contribution in [-0.4, -0.2) is 62.3 Å². The number of fused-ring (bicyclic) bond motifs is 1. The topological polar surface area (TPSA) is 84.0 Å². The lowest BCUT2D eigenvalue weighted by molar-refractivity contribution is -0.148. The summed E-state index contributed by atoms with van der Waals surface area (Å²) in [7, 11) is -3.56. The Morgan fingerprint density at radius 3 is 2.52 bits per heavy atom. The highest BCUT2D eigenvalue weighted by molar-refractivity contribution is 7.89. The van der Waals surface area contributed by atoms with E-state index >= 15 is 0 Å². The van der Waals surface area contributed by atoms with Gasteiger partial charge in [-0.05, 0) is 49.4 Å². The van der Waals surface area contributed by atoms with Crippen molar-refractivity contribution in [1.29, 1.82) is 0 Å². The number of amides is 1. The molecule has 27 heavy (non-hydrogen) atoms. The number of esters is 1. The monoisotopic (exact) mass is 392 g/mol. The van der Waals surface area contributed by atoms with Crippen molar-refractivity contribution >= 4 is 21.9 Å². The van der Waals surface area contributed by atoms with Crippen LogP contribution in [0, 0.1) is 0 Å². The van der Waals surface area contributed by atoms with Crippen LogP contribution in [0.25, 0.3) is 0 Å². The SMILES string of the molecule is C/C=C/C(=O)OCC(=O)N1CCN(S(=O)(=O)c2ccc3c(c2)CCC3)CC1. The van der Waals surface area contributed by atoms with Gasteiger partial charge in [0, 0.05) is 32.3 Å². The van der Waals surface area contributed by atoms with Gasteiger partial charge in [0.2, 0.25) is 10.0 Å². The van der Waals surface area contributed by atoms with Crippen LogP contribution in [0.1, 0.15) is 24.5 Å². The Hall–Kier alpha value is -2.19. The Morgan fingerprint density at radius 1 is 1.11 bits per heavy atom. The van der Waals surface area contributed by atoms with E-state index in [1.807, 2.05) is 6.07 Å². The Bertz CT molecular complexity index is 855. The predicted octanol–water partition coefficient (Wildman–Crippen LogP) is 1.13. The molecule has 8 heteroatoms. The standard InChI is InChI=1S/C19H24N2O5S/c1-2-4-19(23)26-14-18(22)20-9-11-21(12-10-20)27(24,25)17-8-7-15-5-3-6-16(15)13-17/h2,4,7-8,13H,3,5-6,9-12,14H2,1H3/b4-2+. The van der Waals surface area contributed by atoms with Gasteiger partial charge in [0.1, 0.15) is 0 Å². The highest BCUT2D eigenvalue weighted by Crippen LogP contribution is 2.26. The molecule has 0 saturated carbocycles. The molecule has 0 aromatic heterocycles. The second-order valence-corrected chi connectivity index (χ2v) is 8.61. The number of aryl methyl sites for hydroxylation is 2. The average molecular weight is 392 g/mol. The van der Waals surface area contributed by atoms with Crippen LogP contribution in [0.4, 0.5) is 0 Å². The van der Waals surface area contributed by atoms with Gasteiger partial charge in [-0.2, -0.15) is 4.31 Å². The first kappa shape index (κ1) is 19.6. The number of benzene rings is 1. The van der Waals surface area contributed by atoms with Crippen molar-refractivity contribution in [2.45, 2.75) is 31.1 Å². The van der Waals surface area contributed by atoms with E-state index in [0.717, 1.165) is 24.8 Å². The molecule has 1 amide bonds. The molecule has 1 aliphatic carbocycles. The smallest absolute Gasteiger partial charge is 0.330 e. The Labute approximate surface area is 159 Å². The fraction of sp³-hybridized carbons (Fsp3) is 0.474. The zero-order chi connectivity index (χ0) is 19.4. The number of hydrogen-bond donors (Lipinski definition) is 0. The summed E-state index contributed by atoms with van der Waals surface area (Å²) >= 11 is 0. The van der Waals surface area contributed by atoms with Crippen LogP contribution in [0.15, 0.2) is 35.2 Å². The Morgan fingerprint density at radius 2 is 1.81 bits per heavy atom. The number of rotatable bonds is 5. The van der Waals surface area contributed by atoms with Gasteiger partial charge in [-0.3, -0.25) is 4.79 Å². The third kappa shape index (κ3) is 4.39. The lowest BCUT2D eigenvalue weighted by Crippen LogP contribution is -2.51. The molecule has 1 aromatic rings. The van der Waals surface area contributed by atoms with Gasteiger partial charge in [0.15, 0.2) is 6.61 Å². The molecule has 0 N–H and O–H groups in total. The van der Waals surface area contributed by atoms with Gasteiger partial charge in [-0.1, -0.05) is 12.1 Å². The van der Waals surface area contributed by atoms with Crippen LogP contribution < -0.4 is 0 Å². The van der Waals surface area contributed by atoms with Gasteiger partial charge in [-0.15, -0.1) is 0 Å². The summed E-state index contributed by atoms with van der Waals surface area (Å²) in [5.41, 5.74) is 2.35. The summed E-state index contributed by atoms with van der Waals surface area (Å²) in [6.07, 6.45) is 5.78. The average Bonchev–Trinajstić information content (AvgIpc) is 3.14. The van der Waals surface area contributed by atoms with Crippen LogP contribution >= 0.6 is 0 Å². The molecule has 1 aromatic carbocycles. The van der Waals surface area contributed by atoms with Gasteiger partial charge in [0.05, 0.1) is 4.90 Å². The summed E-state index contributed by atoms with van der Waals surface area (Å²) < 4.78 is 32.1. The van der Waals surface area contributed by atoms with Crippen LogP contribution in [0.2, 0.25) is 0 Å². The molecule has 7 nitrogen and oxygen atoms in total. The Kier molecular flexibility index (Phi) is 5.96. The number of ether oxygens (including phenoxy) is 1. The number of nitrogens with zero attached hydrogens (tertiary/aromatic N) is 2. The molecule has 0 unspecified atom stereocenters. The van der Waals surface area contributed by atoms with Crippen molar-refractivity contribution in [3.05, 3.63) is 41.5 Å². The van der Waals surface area contributed by atoms with E-state index in [1.54, 1.807) is 19.1 Å². The Balaban J connectivity index is 1.58. The third-order valence-corrected chi connectivity index (χ3v) is 6.83. The molecular weight excluding hydrogens is 368 g/mol. The molecule has 1 heterocycles. The fourth-order valence-electron chi connectivity index (χ4n) is 3.44. The van der Waals surface area contributed by atoms with Crippen molar-refractivity contribution in [2.75, 3.05) is 32.8 Å². The van der Waals surface area contributed by atoms with E-state index in [1.165, 1.54) is 26.9 Å². The maximum Gasteiger partial charge on any atom is 0.330 e. The third-order valence-electron chi connectivity index (χ3n) is 4.94. The highest BCUT2D eigenvalue weighted by atomic mass is 32.2. The van der Waals surface area contributed by atoms with E-state index in [2.05, 4.69) is 0 Å². The zero-order valence-electron chi connectivity index (χ0n) is 15.4. The summed E-state index contributed by atoms with van der Waals surface area (Å²) in [5.74, 6) is -0.883. The predicted molar refractivity (Wildman–Crippen MR) is 99.6 cm³/mol. The van der Waals surface area contributed by atoms with Crippen LogP contribution in [-0.2, 0) is 37.2 Å². The molecule has 3 rings (SSSR count). The van der Waals surface area contributed by atoms with Gasteiger partial charge >= 0.3 is 5.97 Å². The summed E-state index contributed by atoms with van der Waals surface area (Å²) in [5, 5.41) is 0. The van der Waals surface area contributed by atoms with Gasteiger partial charge in [0.25, 0.3) is 5.91 Å². The second-order valence-electron chi connectivity index (χ2n) is 6.68. The van der Waals surface area contributed by atoms with Crippen molar-refractivity contribution < 1.29 is 22.7 Å². The van der Waals surface area contributed by atoms with Crippen molar-refractivity contribution in [1.82, 2.24) is 9.21 Å². The number of carbonyl (C=O) groups excluding carboxylic acids is 2. The molecule has 146 valence electrons. The first-order valence-electron chi connectivity index (χ1n) is 9.11. The first-order valence-corrected chi connectivity index (χ1v) is 10.5. The maximum atomic E-state index is 12.9. The molecule has 2 aliphatic rings. The molecule has 1 saturated heterocycles. The largest absolute Gasteiger partial charge is 0.452 e. The molecule has 1 fully saturated rings. The summed E-state index contributed by atoms with van der Waals surface area (Å²) in [6.45, 7) is 2.38. The van der Waals surface area contributed by atoms with Crippen molar-refractivity contribution in [3.8, 4) is 0 Å². The molecule has 1 aliphatic heterocycles. The number of piperazine rings is 1. The van der Waals surface area contributed by atoms with E-state index < -0.39 is 16.0 Å². The molecular formula is C19H24N2O5S. The van der Waals surface area contributed by atoms with Gasteiger partial charge < -0.3 is 9.64 Å². The molecule has 0 spiro atoms. The van der Waals surface area contributed by atoms with E-state index in [9.17, 15) is 18.0 Å². The maximum absolute atomic E-state index is 12.9. The number of allylic oxidation sites excluding steroid dienone is 1. The minimum Gasteiger partial charge on any atom is -0.452 e. The van der Waals surface area contributed by atoms with Crippen LogP contribution in [0.3, 0.4) is 0 Å². The fourth-order valence-corrected chi connectivity index (χ4v) is 4.92. The first-order chi connectivity index (χ1) is 12.9. The lowest BCUT2D eigenvalue weighted by Gasteiger charge is -2.33. The van der Waals surface area contributed by atoms with E-state index in [4.69, 9.17) is 4.74 Å². The minimum atomic E-state index is -3.56. The van der Waals surface area contributed by atoms with E-state index in [0.29, 0.717) is 4.90 Å². The summed E-state index contributed by atoms with van der Waals surface area (Å²) in [4.78, 5) is 25.2. The summed E-state index contributed by atoms with van der Waals surface area (Å²) in [6, 6.07) is 5.38. The van der Waals surface area contributed by atoms with E-state index in [-0.39, 0.29) is 38.7 Å². The normalized spacial score (nSPS) is 17.9.